The fraction of sp³-hybridized carbons (Fsp3) is 0.105. The largest absolute Gasteiger partial charge is 0.449 e. The number of benzene rings is 1. The van der Waals surface area contributed by atoms with Gasteiger partial charge in [0.2, 0.25) is 17.1 Å². The highest BCUT2D eigenvalue weighted by Crippen LogP contribution is 2.42. The predicted molar refractivity (Wildman–Crippen MR) is 89.1 cm³/mol. The number of aryl methyl sites for hydroxylation is 2. The van der Waals surface area contributed by atoms with E-state index >= 15 is 0 Å². The molecule has 0 aliphatic carbocycles. The monoisotopic (exact) mass is 300 g/mol. The second-order valence-electron chi connectivity index (χ2n) is 5.56. The maximum absolute atomic E-state index is 7.69. The highest BCUT2D eigenvalue weighted by Gasteiger charge is 2.23. The lowest BCUT2D eigenvalue weighted by molar-refractivity contribution is -0.660. The number of aromatic nitrogens is 2. The van der Waals surface area contributed by atoms with Crippen LogP contribution < -0.4 is 4.57 Å². The molecule has 0 spiro atoms. The first-order valence-electron chi connectivity index (χ1n) is 7.34. The van der Waals surface area contributed by atoms with Crippen molar-refractivity contribution in [2.75, 3.05) is 0 Å². The fourth-order valence-corrected chi connectivity index (χ4v) is 3.07. The van der Waals surface area contributed by atoms with E-state index < -0.39 is 0 Å². The zero-order chi connectivity index (χ0) is 16.0. The fourth-order valence-electron chi connectivity index (χ4n) is 3.07. The Morgan fingerprint density at radius 3 is 2.83 bits per heavy atom. The molecule has 0 fully saturated rings. The van der Waals surface area contributed by atoms with Gasteiger partial charge < -0.3 is 4.42 Å². The Morgan fingerprint density at radius 2 is 2.04 bits per heavy atom. The molecule has 0 saturated heterocycles. The van der Waals surface area contributed by atoms with Crippen LogP contribution in [0, 0.1) is 13.5 Å². The summed E-state index contributed by atoms with van der Waals surface area (Å²) in [5.74, 6) is 0. The summed E-state index contributed by atoms with van der Waals surface area (Å²) in [5.41, 5.74) is 4.68. The molecule has 0 amide bonds. The first-order valence-corrected chi connectivity index (χ1v) is 7.34. The number of hydrogen-bond acceptors (Lipinski definition) is 2. The van der Waals surface area contributed by atoms with E-state index in [0.29, 0.717) is 17.0 Å². The average Bonchev–Trinajstić information content (AvgIpc) is 2.93. The Hall–Kier alpha value is -3.19. The van der Waals surface area contributed by atoms with Crippen molar-refractivity contribution in [3.63, 3.8) is 0 Å². The second-order valence-corrected chi connectivity index (χ2v) is 5.56. The third-order valence-corrected chi connectivity index (χ3v) is 4.13. The zero-order valence-electron chi connectivity index (χ0n) is 12.9. The molecule has 4 aromatic rings. The van der Waals surface area contributed by atoms with Crippen LogP contribution in [0.5, 0.6) is 0 Å². The van der Waals surface area contributed by atoms with Crippen LogP contribution in [0.4, 0.5) is 5.69 Å². The number of rotatable bonds is 1. The van der Waals surface area contributed by atoms with Crippen molar-refractivity contribution < 1.29 is 8.98 Å². The van der Waals surface area contributed by atoms with E-state index in [1.54, 1.807) is 6.20 Å². The predicted octanol–water partition coefficient (Wildman–Crippen LogP) is 4.33. The van der Waals surface area contributed by atoms with E-state index in [-0.39, 0.29) is 0 Å². The molecule has 0 N–H and O–H groups in total. The average molecular weight is 300 g/mol. The van der Waals surface area contributed by atoms with Gasteiger partial charge >= 0.3 is 0 Å². The van der Waals surface area contributed by atoms with Crippen molar-refractivity contribution in [1.82, 2.24) is 4.98 Å². The second kappa shape index (κ2) is 4.92. The molecular weight excluding hydrogens is 286 g/mol. The number of nitrogens with zero attached hydrogens (tertiary/aromatic N) is 3. The molecule has 4 rings (SSSR count). The molecule has 4 heteroatoms. The van der Waals surface area contributed by atoms with Gasteiger partial charge in [-0.25, -0.2) is 14.4 Å². The number of pyridine rings is 2. The summed E-state index contributed by atoms with van der Waals surface area (Å²) < 4.78 is 7.91. The maximum Gasteiger partial charge on any atom is 0.243 e. The molecule has 0 aliphatic rings. The van der Waals surface area contributed by atoms with Crippen LogP contribution in [0.2, 0.25) is 0 Å². The van der Waals surface area contributed by atoms with Gasteiger partial charge in [-0.15, -0.1) is 0 Å². The number of hydrogen-bond donors (Lipinski definition) is 0. The van der Waals surface area contributed by atoms with E-state index in [2.05, 4.69) is 15.9 Å². The van der Waals surface area contributed by atoms with Gasteiger partial charge in [-0.2, -0.15) is 0 Å². The Labute approximate surface area is 133 Å². The molecule has 3 heterocycles. The summed E-state index contributed by atoms with van der Waals surface area (Å²) >= 11 is 0. The SMILES string of the molecule is [C-]#[N+]c1c(-c2cccc[n+]2C)c(C)cc2c1oc1ncccc12. The van der Waals surface area contributed by atoms with Crippen LogP contribution in [-0.4, -0.2) is 4.98 Å². The first-order chi connectivity index (χ1) is 11.2. The van der Waals surface area contributed by atoms with Gasteiger partial charge in [-0.1, -0.05) is 0 Å². The summed E-state index contributed by atoms with van der Waals surface area (Å²) in [6.07, 6.45) is 3.68. The number of fused-ring (bicyclic) bond motifs is 3. The minimum Gasteiger partial charge on any atom is -0.449 e. The van der Waals surface area contributed by atoms with Crippen molar-refractivity contribution in [2.24, 2.45) is 7.05 Å². The minimum atomic E-state index is 0.541. The molecule has 1 aromatic carbocycles. The van der Waals surface area contributed by atoms with Crippen molar-refractivity contribution >= 4 is 27.8 Å². The summed E-state index contributed by atoms with van der Waals surface area (Å²) in [7, 11) is 1.98. The molecular formula is C19H14N3O+. The lowest BCUT2D eigenvalue weighted by Crippen LogP contribution is -2.30. The molecule has 3 aromatic heterocycles. The molecule has 0 atom stereocenters. The van der Waals surface area contributed by atoms with Crippen LogP contribution in [0.1, 0.15) is 5.56 Å². The third kappa shape index (κ3) is 1.91. The normalized spacial score (nSPS) is 11.0. The van der Waals surface area contributed by atoms with E-state index in [9.17, 15) is 0 Å². The highest BCUT2D eigenvalue weighted by atomic mass is 16.3. The Morgan fingerprint density at radius 1 is 1.17 bits per heavy atom. The van der Waals surface area contributed by atoms with E-state index in [0.717, 1.165) is 27.6 Å². The van der Waals surface area contributed by atoms with Crippen molar-refractivity contribution in [3.8, 4) is 11.3 Å². The van der Waals surface area contributed by atoms with Crippen LogP contribution in [-0.2, 0) is 7.05 Å². The van der Waals surface area contributed by atoms with Gasteiger partial charge in [-0.3, -0.25) is 0 Å². The Bertz CT molecular complexity index is 1100. The van der Waals surface area contributed by atoms with Gasteiger partial charge in [0.1, 0.15) is 12.6 Å². The lowest BCUT2D eigenvalue weighted by atomic mass is 9.99. The number of furan rings is 1. The Kier molecular flexibility index (Phi) is 2.88. The van der Waals surface area contributed by atoms with E-state index in [1.807, 2.05) is 55.1 Å². The van der Waals surface area contributed by atoms with Gasteiger partial charge in [-0.05, 0) is 36.8 Å². The van der Waals surface area contributed by atoms with Gasteiger partial charge in [0.25, 0.3) is 0 Å². The first kappa shape index (κ1) is 13.5. The van der Waals surface area contributed by atoms with E-state index in [4.69, 9.17) is 11.0 Å². The quantitative estimate of drug-likeness (QED) is 0.387. The summed E-state index contributed by atoms with van der Waals surface area (Å²) in [6.45, 7) is 9.73. The minimum absolute atomic E-state index is 0.541. The van der Waals surface area contributed by atoms with Crippen molar-refractivity contribution in [2.45, 2.75) is 6.92 Å². The highest BCUT2D eigenvalue weighted by molar-refractivity contribution is 6.11. The Balaban J connectivity index is 2.18. The van der Waals surface area contributed by atoms with Crippen LogP contribution in [0.25, 0.3) is 38.2 Å². The molecule has 0 saturated carbocycles. The zero-order valence-corrected chi connectivity index (χ0v) is 12.9. The summed E-state index contributed by atoms with van der Waals surface area (Å²) in [5, 5.41) is 1.89. The summed E-state index contributed by atoms with van der Waals surface area (Å²) in [6, 6.07) is 11.9. The van der Waals surface area contributed by atoms with E-state index in [1.165, 1.54) is 0 Å². The molecule has 110 valence electrons. The van der Waals surface area contributed by atoms with Gasteiger partial charge in [0.15, 0.2) is 6.20 Å². The maximum atomic E-state index is 7.69. The van der Waals surface area contributed by atoms with Crippen molar-refractivity contribution in [1.29, 1.82) is 0 Å². The smallest absolute Gasteiger partial charge is 0.243 e. The van der Waals surface area contributed by atoms with Crippen LogP contribution in [0.15, 0.2) is 53.2 Å². The molecule has 0 aliphatic heterocycles. The van der Waals surface area contributed by atoms with Crippen LogP contribution >= 0.6 is 0 Å². The molecule has 4 nitrogen and oxygen atoms in total. The van der Waals surface area contributed by atoms with Crippen LogP contribution in [0.3, 0.4) is 0 Å². The lowest BCUT2D eigenvalue weighted by Gasteiger charge is -2.07. The summed E-state index contributed by atoms with van der Waals surface area (Å²) in [4.78, 5) is 8.06. The molecule has 23 heavy (non-hydrogen) atoms. The molecule has 0 unspecified atom stereocenters. The van der Waals surface area contributed by atoms with Gasteiger partial charge in [0, 0.05) is 29.1 Å². The molecule has 0 radical (unpaired) electrons. The molecule has 0 bridgehead atoms. The topological polar surface area (TPSA) is 34.3 Å². The van der Waals surface area contributed by atoms with Gasteiger partial charge in [0.05, 0.1) is 12.1 Å². The van der Waals surface area contributed by atoms with Crippen molar-refractivity contribution in [3.05, 3.63) is 65.8 Å². The standard InChI is InChI=1S/C19H14N3O/c1-12-11-14-13-7-6-9-21-19(13)23-18(14)17(20-2)16(12)15-8-4-5-10-22(15)3/h4-11H,1,3H3/q+1. The third-order valence-electron chi connectivity index (χ3n) is 4.13.